The first kappa shape index (κ1) is 15.0. The van der Waals surface area contributed by atoms with Gasteiger partial charge in [0, 0.05) is 12.2 Å². The molecule has 4 nitrogen and oxygen atoms in total. The highest BCUT2D eigenvalue weighted by molar-refractivity contribution is 7.89. The van der Waals surface area contributed by atoms with Gasteiger partial charge in [-0.1, -0.05) is 36.0 Å². The van der Waals surface area contributed by atoms with Crippen LogP contribution in [0.5, 0.6) is 0 Å². The summed E-state index contributed by atoms with van der Waals surface area (Å²) < 4.78 is 27.1. The van der Waals surface area contributed by atoms with Gasteiger partial charge in [-0.3, -0.25) is 0 Å². The van der Waals surface area contributed by atoms with Crippen molar-refractivity contribution < 1.29 is 8.42 Å². The van der Waals surface area contributed by atoms with Crippen LogP contribution in [0.1, 0.15) is 32.6 Å². The van der Waals surface area contributed by atoms with Crippen molar-refractivity contribution in [3.63, 3.8) is 0 Å². The van der Waals surface area contributed by atoms with Gasteiger partial charge < -0.3 is 0 Å². The molecule has 1 aromatic rings. The third kappa shape index (κ3) is 3.60. The van der Waals surface area contributed by atoms with E-state index in [2.05, 4.69) is 9.71 Å². The van der Waals surface area contributed by atoms with Gasteiger partial charge in [0.1, 0.15) is 10.0 Å². The Bertz CT molecular complexity index is 557. The minimum absolute atomic E-state index is 0.0479. The van der Waals surface area contributed by atoms with E-state index in [1.54, 1.807) is 0 Å². The predicted octanol–water partition coefficient (Wildman–Crippen LogP) is 3.25. The van der Waals surface area contributed by atoms with Gasteiger partial charge in [-0.05, 0) is 31.7 Å². The van der Waals surface area contributed by atoms with E-state index in [-0.39, 0.29) is 21.1 Å². The van der Waals surface area contributed by atoms with Crippen LogP contribution in [0.3, 0.4) is 0 Å². The second kappa shape index (κ2) is 5.95. The van der Waals surface area contributed by atoms with Crippen LogP contribution in [0.4, 0.5) is 0 Å². The molecule has 1 atom stereocenters. The zero-order chi connectivity index (χ0) is 14.0. The van der Waals surface area contributed by atoms with Crippen molar-refractivity contribution in [2.75, 3.05) is 0 Å². The summed E-state index contributed by atoms with van der Waals surface area (Å²) in [6, 6.07) is 1.24. The van der Waals surface area contributed by atoms with E-state index in [1.165, 1.54) is 25.1 Å². The fourth-order valence-corrected chi connectivity index (χ4v) is 4.03. The molecule has 0 bridgehead atoms. The lowest BCUT2D eigenvalue weighted by molar-refractivity contribution is 0.424. The summed E-state index contributed by atoms with van der Waals surface area (Å²) in [7, 11) is -3.59. The average molecular weight is 323 g/mol. The Balaban J connectivity index is 2.15. The Morgan fingerprint density at radius 3 is 2.58 bits per heavy atom. The van der Waals surface area contributed by atoms with E-state index >= 15 is 0 Å². The molecule has 1 fully saturated rings. The molecule has 0 saturated heterocycles. The van der Waals surface area contributed by atoms with Crippen molar-refractivity contribution in [1.82, 2.24) is 9.71 Å². The van der Waals surface area contributed by atoms with E-state index < -0.39 is 10.0 Å². The highest BCUT2D eigenvalue weighted by Gasteiger charge is 2.26. The molecule has 0 aromatic carbocycles. The first-order chi connectivity index (χ1) is 8.90. The maximum atomic E-state index is 12.2. The van der Waals surface area contributed by atoms with Gasteiger partial charge in [0.05, 0.1) is 5.02 Å². The van der Waals surface area contributed by atoms with Gasteiger partial charge in [0.15, 0.2) is 0 Å². The molecule has 1 N–H and O–H groups in total. The fraction of sp³-hybridized carbons (Fsp3) is 0.583. The molecule has 1 saturated carbocycles. The number of aromatic nitrogens is 1. The Morgan fingerprint density at radius 2 is 2.00 bits per heavy atom. The fourth-order valence-electron chi connectivity index (χ4n) is 2.42. The first-order valence-electron chi connectivity index (χ1n) is 6.23. The standard InChI is InChI=1S/C12H16Cl2N2O2S/c1-8(9-4-2-3-5-9)16-19(17,18)10-6-11(13)12(14)15-7-10/h6-9,16H,2-5H2,1H3. The number of pyridine rings is 1. The number of sulfonamides is 1. The molecule has 0 spiro atoms. The van der Waals surface area contributed by atoms with Gasteiger partial charge in [0.2, 0.25) is 10.0 Å². The van der Waals surface area contributed by atoms with Gasteiger partial charge >= 0.3 is 0 Å². The van der Waals surface area contributed by atoms with Crippen molar-refractivity contribution in [2.45, 2.75) is 43.5 Å². The van der Waals surface area contributed by atoms with E-state index in [1.807, 2.05) is 6.92 Å². The second-order valence-electron chi connectivity index (χ2n) is 4.90. The summed E-state index contributed by atoms with van der Waals surface area (Å²) in [5.41, 5.74) is 0. The summed E-state index contributed by atoms with van der Waals surface area (Å²) in [5, 5.41) is 0.238. The first-order valence-corrected chi connectivity index (χ1v) is 8.47. The third-order valence-electron chi connectivity index (χ3n) is 3.53. The van der Waals surface area contributed by atoms with Crippen LogP contribution >= 0.6 is 23.2 Å². The van der Waals surface area contributed by atoms with Crippen molar-refractivity contribution in [2.24, 2.45) is 5.92 Å². The summed E-state index contributed by atoms with van der Waals surface area (Å²) in [6.45, 7) is 1.90. The Morgan fingerprint density at radius 1 is 1.37 bits per heavy atom. The largest absolute Gasteiger partial charge is 0.242 e. The lowest BCUT2D eigenvalue weighted by Gasteiger charge is -2.20. The summed E-state index contributed by atoms with van der Waals surface area (Å²) in [5.74, 6) is 0.408. The van der Waals surface area contributed by atoms with Crippen LogP contribution in [-0.4, -0.2) is 19.4 Å². The van der Waals surface area contributed by atoms with E-state index in [0.717, 1.165) is 12.8 Å². The molecule has 1 aliphatic carbocycles. The zero-order valence-corrected chi connectivity index (χ0v) is 12.9. The Labute approximate surface area is 123 Å². The molecular weight excluding hydrogens is 307 g/mol. The Hall–Kier alpha value is -0.360. The second-order valence-corrected chi connectivity index (χ2v) is 7.38. The smallest absolute Gasteiger partial charge is 0.242 e. The highest BCUT2D eigenvalue weighted by atomic mass is 35.5. The normalized spacial score (nSPS) is 18.7. The van der Waals surface area contributed by atoms with E-state index in [4.69, 9.17) is 23.2 Å². The van der Waals surface area contributed by atoms with Crippen LogP contribution in [0.25, 0.3) is 0 Å². The minimum Gasteiger partial charge on any atom is -0.242 e. The molecule has 0 aliphatic heterocycles. The van der Waals surface area contributed by atoms with E-state index in [0.29, 0.717) is 5.92 Å². The monoisotopic (exact) mass is 322 g/mol. The summed E-state index contributed by atoms with van der Waals surface area (Å²) in [6.07, 6.45) is 5.71. The molecule has 7 heteroatoms. The van der Waals surface area contributed by atoms with Crippen LogP contribution in [0.2, 0.25) is 10.2 Å². The molecule has 1 aliphatic rings. The number of nitrogens with one attached hydrogen (secondary N) is 1. The quantitative estimate of drug-likeness (QED) is 0.865. The zero-order valence-electron chi connectivity index (χ0n) is 10.6. The maximum Gasteiger partial charge on any atom is 0.242 e. The Kier molecular flexibility index (Phi) is 4.71. The number of nitrogens with zero attached hydrogens (tertiary/aromatic N) is 1. The molecule has 0 amide bonds. The van der Waals surface area contributed by atoms with Crippen molar-refractivity contribution >= 4 is 33.2 Å². The molecule has 19 heavy (non-hydrogen) atoms. The molecule has 2 rings (SSSR count). The van der Waals surface area contributed by atoms with Crippen LogP contribution in [0.15, 0.2) is 17.2 Å². The lowest BCUT2D eigenvalue weighted by atomic mass is 10.0. The molecule has 0 radical (unpaired) electrons. The topological polar surface area (TPSA) is 59.1 Å². The molecule has 1 heterocycles. The van der Waals surface area contributed by atoms with Crippen LogP contribution in [0, 0.1) is 5.92 Å². The van der Waals surface area contributed by atoms with Gasteiger partial charge in [-0.25, -0.2) is 18.1 Å². The highest BCUT2D eigenvalue weighted by Crippen LogP contribution is 2.28. The van der Waals surface area contributed by atoms with E-state index in [9.17, 15) is 8.42 Å². The molecule has 1 aromatic heterocycles. The molecule has 106 valence electrons. The molecular formula is C12H16Cl2N2O2S. The van der Waals surface area contributed by atoms with Gasteiger partial charge in [0.25, 0.3) is 0 Å². The third-order valence-corrected chi connectivity index (χ3v) is 5.74. The van der Waals surface area contributed by atoms with Gasteiger partial charge in [-0.2, -0.15) is 0 Å². The van der Waals surface area contributed by atoms with Crippen LogP contribution < -0.4 is 4.72 Å². The number of hydrogen-bond donors (Lipinski definition) is 1. The van der Waals surface area contributed by atoms with Crippen molar-refractivity contribution in [1.29, 1.82) is 0 Å². The lowest BCUT2D eigenvalue weighted by Crippen LogP contribution is -2.37. The average Bonchev–Trinajstić information content (AvgIpc) is 2.85. The van der Waals surface area contributed by atoms with Crippen molar-refractivity contribution in [3.8, 4) is 0 Å². The van der Waals surface area contributed by atoms with Crippen LogP contribution in [-0.2, 0) is 10.0 Å². The maximum absolute atomic E-state index is 12.2. The SMILES string of the molecule is CC(NS(=O)(=O)c1cnc(Cl)c(Cl)c1)C1CCCC1. The number of halogens is 2. The molecule has 1 unspecified atom stereocenters. The predicted molar refractivity (Wildman–Crippen MR) is 76.0 cm³/mol. The summed E-state index contributed by atoms with van der Waals surface area (Å²) >= 11 is 11.5. The minimum atomic E-state index is -3.59. The summed E-state index contributed by atoms with van der Waals surface area (Å²) in [4.78, 5) is 3.81. The van der Waals surface area contributed by atoms with Gasteiger partial charge in [-0.15, -0.1) is 0 Å². The number of hydrogen-bond acceptors (Lipinski definition) is 3. The van der Waals surface area contributed by atoms with Crippen molar-refractivity contribution in [3.05, 3.63) is 22.4 Å². The number of rotatable bonds is 4.